The highest BCUT2D eigenvalue weighted by Gasteiger charge is 2.34. The quantitative estimate of drug-likeness (QED) is 0.594. The van der Waals surface area contributed by atoms with E-state index in [9.17, 15) is 13.2 Å². The van der Waals surface area contributed by atoms with E-state index in [0.29, 0.717) is 37.4 Å². The fourth-order valence-corrected chi connectivity index (χ4v) is 4.70. The molecule has 0 radical (unpaired) electrons. The van der Waals surface area contributed by atoms with Crippen LogP contribution in [0, 0.1) is 5.92 Å². The van der Waals surface area contributed by atoms with Crippen LogP contribution in [0.5, 0.6) is 5.75 Å². The number of benzene rings is 1. The predicted molar refractivity (Wildman–Crippen MR) is 103 cm³/mol. The lowest BCUT2D eigenvalue weighted by Crippen LogP contribution is -2.42. The van der Waals surface area contributed by atoms with Gasteiger partial charge in [0, 0.05) is 19.5 Å². The number of carbonyl (C=O) groups excluding carboxylic acids is 1. The topological polar surface area (TPSA) is 112 Å². The summed E-state index contributed by atoms with van der Waals surface area (Å²) in [6.07, 6.45) is 2.73. The highest BCUT2D eigenvalue weighted by Crippen LogP contribution is 2.26. The van der Waals surface area contributed by atoms with Crippen LogP contribution in [0.3, 0.4) is 0 Å². The molecule has 0 aliphatic carbocycles. The van der Waals surface area contributed by atoms with Gasteiger partial charge in [0.2, 0.25) is 10.0 Å². The highest BCUT2D eigenvalue weighted by atomic mass is 32.2. The van der Waals surface area contributed by atoms with Gasteiger partial charge in [0.25, 0.3) is 5.89 Å². The number of aryl methyl sites for hydroxylation is 1. The minimum absolute atomic E-state index is 0.0815. The molecule has 1 aliphatic rings. The summed E-state index contributed by atoms with van der Waals surface area (Å²) >= 11 is 0. The van der Waals surface area contributed by atoms with Crippen LogP contribution < -0.4 is 4.74 Å². The molecule has 29 heavy (non-hydrogen) atoms. The van der Waals surface area contributed by atoms with Gasteiger partial charge in [0.1, 0.15) is 5.75 Å². The fourth-order valence-electron chi connectivity index (χ4n) is 3.17. The molecular weight excluding hydrogens is 398 g/mol. The summed E-state index contributed by atoms with van der Waals surface area (Å²) in [7, 11) is -2.18. The Balaban J connectivity index is 1.60. The number of sulfonamides is 1. The van der Waals surface area contributed by atoms with Gasteiger partial charge in [-0.3, -0.25) is 4.79 Å². The number of ether oxygens (including phenoxy) is 2. The first-order valence-corrected chi connectivity index (χ1v) is 11.0. The fraction of sp³-hybridized carbons (Fsp3) is 0.526. The molecule has 1 atom stereocenters. The lowest BCUT2D eigenvalue weighted by molar-refractivity contribution is -0.151. The Morgan fingerprint density at radius 1 is 1.31 bits per heavy atom. The van der Waals surface area contributed by atoms with Crippen LogP contribution >= 0.6 is 0 Å². The second-order valence-corrected chi connectivity index (χ2v) is 8.78. The third-order valence-electron chi connectivity index (χ3n) is 4.74. The zero-order valence-electron chi connectivity index (χ0n) is 16.5. The van der Waals surface area contributed by atoms with E-state index in [-0.39, 0.29) is 23.9 Å². The summed E-state index contributed by atoms with van der Waals surface area (Å²) in [4.78, 5) is 16.8. The maximum absolute atomic E-state index is 12.9. The Kier molecular flexibility index (Phi) is 6.86. The summed E-state index contributed by atoms with van der Waals surface area (Å²) in [5.74, 6) is 0.394. The van der Waals surface area contributed by atoms with Crippen LogP contribution in [0.2, 0.25) is 0 Å². The van der Waals surface area contributed by atoms with Crippen LogP contribution in [-0.2, 0) is 32.6 Å². The highest BCUT2D eigenvalue weighted by molar-refractivity contribution is 7.89. The summed E-state index contributed by atoms with van der Waals surface area (Å²) in [6.45, 7) is 2.34. The van der Waals surface area contributed by atoms with E-state index in [1.165, 1.54) is 23.5 Å². The van der Waals surface area contributed by atoms with Crippen LogP contribution in [0.4, 0.5) is 0 Å². The van der Waals surface area contributed by atoms with E-state index >= 15 is 0 Å². The van der Waals surface area contributed by atoms with E-state index in [1.54, 1.807) is 12.1 Å². The third kappa shape index (κ3) is 5.13. The Labute approximate surface area is 170 Å². The van der Waals surface area contributed by atoms with Crippen molar-refractivity contribution in [2.45, 2.75) is 44.1 Å². The second kappa shape index (κ2) is 9.36. The van der Waals surface area contributed by atoms with Gasteiger partial charge in [-0.05, 0) is 43.5 Å². The van der Waals surface area contributed by atoms with Gasteiger partial charge in [-0.15, -0.1) is 0 Å². The Bertz CT molecular complexity index is 926. The number of methoxy groups -OCH3 is 1. The van der Waals surface area contributed by atoms with Crippen molar-refractivity contribution in [3.63, 3.8) is 0 Å². The second-order valence-electron chi connectivity index (χ2n) is 6.84. The minimum atomic E-state index is -3.69. The monoisotopic (exact) mass is 423 g/mol. The molecule has 1 aliphatic heterocycles. The predicted octanol–water partition coefficient (Wildman–Crippen LogP) is 2.17. The molecule has 1 aromatic carbocycles. The molecule has 3 rings (SSSR count). The van der Waals surface area contributed by atoms with Crippen molar-refractivity contribution in [3.05, 3.63) is 36.0 Å². The number of piperidine rings is 1. The van der Waals surface area contributed by atoms with Crippen molar-refractivity contribution in [3.8, 4) is 5.75 Å². The lowest BCUT2D eigenvalue weighted by atomic mass is 10.0. The van der Waals surface area contributed by atoms with Crippen molar-refractivity contribution < 1.29 is 27.2 Å². The number of hydrogen-bond acceptors (Lipinski definition) is 8. The van der Waals surface area contributed by atoms with Crippen LogP contribution in [0.1, 0.15) is 37.9 Å². The molecule has 1 aromatic heterocycles. The third-order valence-corrected chi connectivity index (χ3v) is 6.62. The Hall–Kier alpha value is -2.46. The number of rotatable bonds is 8. The molecular formula is C19H25N3O6S. The number of carbonyl (C=O) groups is 1. The molecule has 10 heteroatoms. The molecule has 9 nitrogen and oxygen atoms in total. The summed E-state index contributed by atoms with van der Waals surface area (Å²) in [5, 5.41) is 3.81. The summed E-state index contributed by atoms with van der Waals surface area (Å²) in [5.41, 5.74) is 0. The van der Waals surface area contributed by atoms with Crippen molar-refractivity contribution in [1.29, 1.82) is 0 Å². The molecule has 0 amide bonds. The van der Waals surface area contributed by atoms with Gasteiger partial charge in [0.15, 0.2) is 12.4 Å². The van der Waals surface area contributed by atoms with Gasteiger partial charge in [-0.1, -0.05) is 12.1 Å². The van der Waals surface area contributed by atoms with Gasteiger partial charge < -0.3 is 14.0 Å². The molecule has 0 saturated carbocycles. The van der Waals surface area contributed by atoms with Crippen molar-refractivity contribution >= 4 is 16.0 Å². The number of hydrogen-bond donors (Lipinski definition) is 0. The maximum atomic E-state index is 12.9. The van der Waals surface area contributed by atoms with E-state index in [4.69, 9.17) is 14.0 Å². The average Bonchev–Trinajstić information content (AvgIpc) is 3.20. The van der Waals surface area contributed by atoms with Crippen molar-refractivity contribution in [1.82, 2.24) is 14.4 Å². The normalized spacial score (nSPS) is 17.8. The zero-order chi connectivity index (χ0) is 20.9. The first-order chi connectivity index (χ1) is 13.9. The van der Waals surface area contributed by atoms with Crippen LogP contribution in [-0.4, -0.2) is 49.0 Å². The van der Waals surface area contributed by atoms with Gasteiger partial charge in [0.05, 0.1) is 17.9 Å². The van der Waals surface area contributed by atoms with Gasteiger partial charge in [-0.25, -0.2) is 8.42 Å². The molecule has 1 saturated heterocycles. The van der Waals surface area contributed by atoms with Crippen molar-refractivity contribution in [2.75, 3.05) is 20.2 Å². The first-order valence-electron chi connectivity index (χ1n) is 9.56. The van der Waals surface area contributed by atoms with Crippen LogP contribution in [0.15, 0.2) is 33.7 Å². The molecule has 2 heterocycles. The lowest BCUT2D eigenvalue weighted by Gasteiger charge is -2.30. The van der Waals surface area contributed by atoms with Gasteiger partial charge >= 0.3 is 5.97 Å². The molecule has 1 unspecified atom stereocenters. The largest absolute Gasteiger partial charge is 0.497 e. The average molecular weight is 423 g/mol. The standard InChI is InChI=1S/C19H25N3O6S/c1-3-5-17-20-18(28-21-17)13-27-19(23)14-6-4-11-22(12-14)29(24,25)16-9-7-15(26-2)8-10-16/h7-10,14H,3-6,11-13H2,1-2H3. The SMILES string of the molecule is CCCc1noc(COC(=O)C2CCCN(S(=O)(=O)c3ccc(OC)cc3)C2)n1. The Morgan fingerprint density at radius 2 is 2.07 bits per heavy atom. The maximum Gasteiger partial charge on any atom is 0.310 e. The van der Waals surface area contributed by atoms with E-state index in [1.807, 2.05) is 6.92 Å². The summed E-state index contributed by atoms with van der Waals surface area (Å²) < 4.78 is 42.5. The molecule has 0 bridgehead atoms. The summed E-state index contributed by atoms with van der Waals surface area (Å²) in [6, 6.07) is 6.19. The van der Waals surface area contributed by atoms with E-state index in [0.717, 1.165) is 6.42 Å². The zero-order valence-corrected chi connectivity index (χ0v) is 17.4. The number of aromatic nitrogens is 2. The smallest absolute Gasteiger partial charge is 0.310 e. The van der Waals surface area contributed by atoms with E-state index < -0.39 is 21.9 Å². The molecule has 158 valence electrons. The number of nitrogens with zero attached hydrogens (tertiary/aromatic N) is 3. The van der Waals surface area contributed by atoms with E-state index in [2.05, 4.69) is 10.1 Å². The molecule has 0 N–H and O–H groups in total. The molecule has 2 aromatic rings. The molecule has 1 fully saturated rings. The first kappa shape index (κ1) is 21.3. The molecule has 0 spiro atoms. The number of esters is 1. The minimum Gasteiger partial charge on any atom is -0.497 e. The van der Waals surface area contributed by atoms with Gasteiger partial charge in [-0.2, -0.15) is 9.29 Å². The van der Waals surface area contributed by atoms with Crippen molar-refractivity contribution in [2.24, 2.45) is 5.92 Å². The Morgan fingerprint density at radius 3 is 2.76 bits per heavy atom. The van der Waals surface area contributed by atoms with Crippen LogP contribution in [0.25, 0.3) is 0 Å².